The molecule has 0 fully saturated rings. The molecule has 1 amide bonds. The van der Waals surface area contributed by atoms with Gasteiger partial charge in [-0.1, -0.05) is 18.2 Å². The summed E-state index contributed by atoms with van der Waals surface area (Å²) in [5.74, 6) is -0.177. The Morgan fingerprint density at radius 2 is 2.29 bits per heavy atom. The van der Waals surface area contributed by atoms with E-state index in [1.165, 1.54) is 0 Å². The molecule has 0 radical (unpaired) electrons. The topological polar surface area (TPSA) is 68.7 Å². The van der Waals surface area contributed by atoms with Gasteiger partial charge in [0.15, 0.2) is 0 Å². The van der Waals surface area contributed by atoms with E-state index in [2.05, 4.69) is 10.3 Å². The van der Waals surface area contributed by atoms with Crippen molar-refractivity contribution in [3.63, 3.8) is 0 Å². The van der Waals surface area contributed by atoms with Gasteiger partial charge in [0.05, 0.1) is 12.5 Å². The number of carbonyl (C=O) groups excluding carboxylic acids is 1. The van der Waals surface area contributed by atoms with E-state index < -0.39 is 0 Å². The van der Waals surface area contributed by atoms with Crippen LogP contribution in [0.15, 0.2) is 30.3 Å². The molecule has 0 spiro atoms. The molecule has 0 aliphatic heterocycles. The van der Waals surface area contributed by atoms with Crippen LogP contribution in [0.2, 0.25) is 0 Å². The molecule has 86 valence electrons. The Kier molecular flexibility index (Phi) is 3.10. The second kappa shape index (κ2) is 4.71. The molecule has 0 saturated heterocycles. The standard InChI is InChI=1S/C13H13N3O/c1-9(6-7-14)15-13(17)12-8-10-4-2-3-5-11(10)16-12/h2-5,8-9,16H,6H2,1H3,(H,15,17). The first-order valence-electron chi connectivity index (χ1n) is 5.46. The third-order valence-electron chi connectivity index (χ3n) is 2.55. The molecular weight excluding hydrogens is 214 g/mol. The van der Waals surface area contributed by atoms with E-state index in [0.717, 1.165) is 10.9 Å². The van der Waals surface area contributed by atoms with Gasteiger partial charge in [-0.3, -0.25) is 4.79 Å². The van der Waals surface area contributed by atoms with E-state index in [0.29, 0.717) is 12.1 Å². The number of nitriles is 1. The van der Waals surface area contributed by atoms with Gasteiger partial charge < -0.3 is 10.3 Å². The SMILES string of the molecule is CC(CC#N)NC(=O)c1cc2ccccc2[nH]1. The van der Waals surface area contributed by atoms with Crippen molar-refractivity contribution in [1.82, 2.24) is 10.3 Å². The number of fused-ring (bicyclic) bond motifs is 1. The van der Waals surface area contributed by atoms with Gasteiger partial charge in [0.1, 0.15) is 5.69 Å². The second-order valence-electron chi connectivity index (χ2n) is 4.01. The average Bonchev–Trinajstić information content (AvgIpc) is 2.72. The van der Waals surface area contributed by atoms with Crippen molar-refractivity contribution in [3.05, 3.63) is 36.0 Å². The van der Waals surface area contributed by atoms with Crippen LogP contribution in [0.25, 0.3) is 10.9 Å². The normalized spacial score (nSPS) is 12.0. The molecule has 0 saturated carbocycles. The van der Waals surface area contributed by atoms with Crippen LogP contribution in [-0.4, -0.2) is 16.9 Å². The lowest BCUT2D eigenvalue weighted by Crippen LogP contribution is -2.32. The van der Waals surface area contributed by atoms with Crippen molar-refractivity contribution in [2.24, 2.45) is 0 Å². The number of aromatic amines is 1. The van der Waals surface area contributed by atoms with Gasteiger partial charge in [0.25, 0.3) is 5.91 Å². The lowest BCUT2D eigenvalue weighted by molar-refractivity contribution is 0.0936. The lowest BCUT2D eigenvalue weighted by Gasteiger charge is -2.08. The average molecular weight is 227 g/mol. The lowest BCUT2D eigenvalue weighted by atomic mass is 10.2. The Morgan fingerprint density at radius 1 is 1.53 bits per heavy atom. The molecule has 1 aromatic heterocycles. The molecule has 17 heavy (non-hydrogen) atoms. The minimum atomic E-state index is -0.177. The van der Waals surface area contributed by atoms with Crippen LogP contribution in [0.5, 0.6) is 0 Å². The van der Waals surface area contributed by atoms with Crippen LogP contribution in [-0.2, 0) is 0 Å². The third kappa shape index (κ3) is 2.45. The molecule has 1 unspecified atom stereocenters. The zero-order valence-electron chi connectivity index (χ0n) is 9.53. The predicted molar refractivity (Wildman–Crippen MR) is 65.5 cm³/mol. The van der Waals surface area contributed by atoms with Crippen molar-refractivity contribution < 1.29 is 4.79 Å². The first-order chi connectivity index (χ1) is 8.20. The molecule has 4 nitrogen and oxygen atoms in total. The number of para-hydroxylation sites is 1. The van der Waals surface area contributed by atoms with E-state index >= 15 is 0 Å². The van der Waals surface area contributed by atoms with Crippen LogP contribution in [0.1, 0.15) is 23.8 Å². The molecular formula is C13H13N3O. The van der Waals surface area contributed by atoms with E-state index in [-0.39, 0.29) is 11.9 Å². The van der Waals surface area contributed by atoms with E-state index in [9.17, 15) is 4.79 Å². The highest BCUT2D eigenvalue weighted by molar-refractivity contribution is 5.98. The molecule has 2 N–H and O–H groups in total. The van der Waals surface area contributed by atoms with Crippen LogP contribution in [0.3, 0.4) is 0 Å². The van der Waals surface area contributed by atoms with E-state index in [4.69, 9.17) is 5.26 Å². The Morgan fingerprint density at radius 3 is 3.00 bits per heavy atom. The van der Waals surface area contributed by atoms with Gasteiger partial charge in [-0.2, -0.15) is 5.26 Å². The molecule has 2 aromatic rings. The number of hydrogen-bond donors (Lipinski definition) is 2. The van der Waals surface area contributed by atoms with Crippen LogP contribution in [0.4, 0.5) is 0 Å². The summed E-state index contributed by atoms with van der Waals surface area (Å²) in [5.41, 5.74) is 1.46. The molecule has 0 aliphatic carbocycles. The maximum atomic E-state index is 11.8. The first-order valence-corrected chi connectivity index (χ1v) is 5.46. The fraction of sp³-hybridized carbons (Fsp3) is 0.231. The summed E-state index contributed by atoms with van der Waals surface area (Å²) in [4.78, 5) is 14.9. The van der Waals surface area contributed by atoms with E-state index in [1.807, 2.05) is 43.3 Å². The summed E-state index contributed by atoms with van der Waals surface area (Å²) in [6.45, 7) is 1.81. The summed E-state index contributed by atoms with van der Waals surface area (Å²) in [6.07, 6.45) is 0.311. The first kappa shape index (κ1) is 11.2. The number of nitrogens with zero attached hydrogens (tertiary/aromatic N) is 1. The zero-order chi connectivity index (χ0) is 12.3. The Bertz CT molecular complexity index is 547. The number of hydrogen-bond acceptors (Lipinski definition) is 2. The fourth-order valence-corrected chi connectivity index (χ4v) is 1.69. The molecule has 1 aromatic carbocycles. The monoisotopic (exact) mass is 227 g/mol. The molecule has 1 atom stereocenters. The Labute approximate surface area is 99.3 Å². The van der Waals surface area contributed by atoms with Crippen molar-refractivity contribution in [1.29, 1.82) is 5.26 Å². The highest BCUT2D eigenvalue weighted by atomic mass is 16.1. The fourth-order valence-electron chi connectivity index (χ4n) is 1.69. The van der Waals surface area contributed by atoms with Gasteiger partial charge >= 0.3 is 0 Å². The third-order valence-corrected chi connectivity index (χ3v) is 2.55. The maximum absolute atomic E-state index is 11.8. The summed E-state index contributed by atoms with van der Waals surface area (Å²) in [6, 6.07) is 11.4. The summed E-state index contributed by atoms with van der Waals surface area (Å²) in [7, 11) is 0. The van der Waals surface area contributed by atoms with E-state index in [1.54, 1.807) is 0 Å². The molecule has 1 heterocycles. The Balaban J connectivity index is 2.17. The van der Waals surface area contributed by atoms with Gasteiger partial charge in [0.2, 0.25) is 0 Å². The Hall–Kier alpha value is -2.28. The van der Waals surface area contributed by atoms with Gasteiger partial charge in [-0.25, -0.2) is 0 Å². The smallest absolute Gasteiger partial charge is 0.267 e. The van der Waals surface area contributed by atoms with Gasteiger partial charge in [-0.05, 0) is 19.1 Å². The summed E-state index contributed by atoms with van der Waals surface area (Å²) >= 11 is 0. The number of carbonyl (C=O) groups is 1. The molecule has 0 bridgehead atoms. The van der Waals surface area contributed by atoms with Gasteiger partial charge in [-0.15, -0.1) is 0 Å². The number of aromatic nitrogens is 1. The zero-order valence-corrected chi connectivity index (χ0v) is 9.53. The van der Waals surface area contributed by atoms with Crippen molar-refractivity contribution >= 4 is 16.8 Å². The second-order valence-corrected chi connectivity index (χ2v) is 4.01. The molecule has 2 rings (SSSR count). The minimum Gasteiger partial charge on any atom is -0.351 e. The quantitative estimate of drug-likeness (QED) is 0.844. The van der Waals surface area contributed by atoms with Crippen LogP contribution >= 0.6 is 0 Å². The summed E-state index contributed by atoms with van der Waals surface area (Å²) < 4.78 is 0. The number of amides is 1. The maximum Gasteiger partial charge on any atom is 0.267 e. The largest absolute Gasteiger partial charge is 0.351 e. The number of benzene rings is 1. The van der Waals surface area contributed by atoms with Crippen molar-refractivity contribution in [2.45, 2.75) is 19.4 Å². The van der Waals surface area contributed by atoms with Gasteiger partial charge in [0, 0.05) is 16.9 Å². The summed E-state index contributed by atoms with van der Waals surface area (Å²) in [5, 5.41) is 12.3. The van der Waals surface area contributed by atoms with Crippen LogP contribution in [0, 0.1) is 11.3 Å². The molecule has 4 heteroatoms. The number of H-pyrrole nitrogens is 1. The van der Waals surface area contributed by atoms with Crippen molar-refractivity contribution in [2.75, 3.05) is 0 Å². The predicted octanol–water partition coefficient (Wildman–Crippen LogP) is 2.20. The molecule has 0 aliphatic rings. The minimum absolute atomic E-state index is 0.140. The number of rotatable bonds is 3. The highest BCUT2D eigenvalue weighted by Crippen LogP contribution is 2.14. The van der Waals surface area contributed by atoms with Crippen LogP contribution < -0.4 is 5.32 Å². The number of nitrogens with one attached hydrogen (secondary N) is 2. The highest BCUT2D eigenvalue weighted by Gasteiger charge is 2.11. The van der Waals surface area contributed by atoms with Crippen molar-refractivity contribution in [3.8, 4) is 6.07 Å².